The SMILES string of the molecule is CCCCN(CCCC)c1cc(CNCC(C)C)ccn1. The zero-order valence-electron chi connectivity index (χ0n) is 14.4. The van der Waals surface area contributed by atoms with Crippen LogP contribution in [-0.2, 0) is 6.54 Å². The topological polar surface area (TPSA) is 28.2 Å². The Morgan fingerprint density at radius 3 is 2.38 bits per heavy atom. The van der Waals surface area contributed by atoms with E-state index in [0.29, 0.717) is 5.92 Å². The van der Waals surface area contributed by atoms with Crippen molar-refractivity contribution in [3.63, 3.8) is 0 Å². The molecule has 0 bridgehead atoms. The average Bonchev–Trinajstić information content (AvgIpc) is 2.47. The summed E-state index contributed by atoms with van der Waals surface area (Å²) in [5, 5.41) is 3.51. The summed E-state index contributed by atoms with van der Waals surface area (Å²) in [6, 6.07) is 4.37. The van der Waals surface area contributed by atoms with Crippen LogP contribution in [0.25, 0.3) is 0 Å². The molecule has 120 valence electrons. The third-order valence-electron chi connectivity index (χ3n) is 3.58. The number of nitrogens with one attached hydrogen (secondary N) is 1. The van der Waals surface area contributed by atoms with E-state index < -0.39 is 0 Å². The maximum Gasteiger partial charge on any atom is 0.128 e. The minimum absolute atomic E-state index is 0.692. The normalized spacial score (nSPS) is 11.1. The molecule has 21 heavy (non-hydrogen) atoms. The van der Waals surface area contributed by atoms with Crippen molar-refractivity contribution < 1.29 is 0 Å². The summed E-state index contributed by atoms with van der Waals surface area (Å²) in [4.78, 5) is 7.03. The Bertz CT molecular complexity index is 368. The molecule has 3 heteroatoms. The number of nitrogens with zero attached hydrogens (tertiary/aromatic N) is 2. The smallest absolute Gasteiger partial charge is 0.128 e. The van der Waals surface area contributed by atoms with Gasteiger partial charge in [-0.2, -0.15) is 0 Å². The summed E-state index contributed by atoms with van der Waals surface area (Å²) in [7, 11) is 0. The Balaban J connectivity index is 2.64. The van der Waals surface area contributed by atoms with Gasteiger partial charge >= 0.3 is 0 Å². The molecule has 1 aromatic heterocycles. The summed E-state index contributed by atoms with van der Waals surface area (Å²) < 4.78 is 0. The Labute approximate surface area is 131 Å². The van der Waals surface area contributed by atoms with Crippen molar-refractivity contribution in [3.8, 4) is 0 Å². The summed E-state index contributed by atoms with van der Waals surface area (Å²) in [5.74, 6) is 1.83. The van der Waals surface area contributed by atoms with E-state index in [1.54, 1.807) is 0 Å². The van der Waals surface area contributed by atoms with Crippen molar-refractivity contribution in [2.24, 2.45) is 5.92 Å². The van der Waals surface area contributed by atoms with Crippen LogP contribution in [0.1, 0.15) is 58.9 Å². The van der Waals surface area contributed by atoms with Crippen molar-refractivity contribution in [1.29, 1.82) is 0 Å². The maximum atomic E-state index is 4.59. The lowest BCUT2D eigenvalue weighted by Gasteiger charge is -2.24. The first-order valence-corrected chi connectivity index (χ1v) is 8.58. The van der Waals surface area contributed by atoms with Crippen LogP contribution in [0.15, 0.2) is 18.3 Å². The van der Waals surface area contributed by atoms with Gasteiger partial charge in [-0.15, -0.1) is 0 Å². The van der Waals surface area contributed by atoms with Gasteiger partial charge in [-0.1, -0.05) is 40.5 Å². The molecular formula is C18H33N3. The molecule has 0 amide bonds. The highest BCUT2D eigenvalue weighted by atomic mass is 15.2. The van der Waals surface area contributed by atoms with Gasteiger partial charge in [-0.3, -0.25) is 0 Å². The molecule has 0 unspecified atom stereocenters. The number of anilines is 1. The first-order valence-electron chi connectivity index (χ1n) is 8.58. The summed E-state index contributed by atoms with van der Waals surface area (Å²) >= 11 is 0. The molecule has 0 saturated carbocycles. The van der Waals surface area contributed by atoms with Crippen molar-refractivity contribution >= 4 is 5.82 Å². The number of hydrogen-bond acceptors (Lipinski definition) is 3. The summed E-state index contributed by atoms with van der Waals surface area (Å²) in [5.41, 5.74) is 1.33. The van der Waals surface area contributed by atoms with Crippen LogP contribution in [0.2, 0.25) is 0 Å². The number of aromatic nitrogens is 1. The first kappa shape index (κ1) is 18.0. The van der Waals surface area contributed by atoms with Crippen LogP contribution >= 0.6 is 0 Å². The van der Waals surface area contributed by atoms with Gasteiger partial charge in [0.1, 0.15) is 5.82 Å². The second-order valence-corrected chi connectivity index (χ2v) is 6.24. The number of hydrogen-bond donors (Lipinski definition) is 1. The molecule has 0 atom stereocenters. The Hall–Kier alpha value is -1.09. The van der Waals surface area contributed by atoms with E-state index in [4.69, 9.17) is 0 Å². The Morgan fingerprint density at radius 1 is 1.14 bits per heavy atom. The minimum atomic E-state index is 0.692. The van der Waals surface area contributed by atoms with Crippen molar-refractivity contribution in [2.75, 3.05) is 24.5 Å². The van der Waals surface area contributed by atoms with Crippen LogP contribution in [0.3, 0.4) is 0 Å². The average molecular weight is 291 g/mol. The molecule has 1 rings (SSSR count). The largest absolute Gasteiger partial charge is 0.357 e. The van der Waals surface area contributed by atoms with Gasteiger partial charge in [0.15, 0.2) is 0 Å². The van der Waals surface area contributed by atoms with Gasteiger partial charge in [0.05, 0.1) is 0 Å². The zero-order chi connectivity index (χ0) is 15.5. The predicted molar refractivity (Wildman–Crippen MR) is 92.8 cm³/mol. The summed E-state index contributed by atoms with van der Waals surface area (Å²) in [6.45, 7) is 13.2. The molecule has 1 aromatic rings. The molecule has 1 N–H and O–H groups in total. The van der Waals surface area contributed by atoms with Gasteiger partial charge in [0.2, 0.25) is 0 Å². The van der Waals surface area contributed by atoms with Gasteiger partial charge < -0.3 is 10.2 Å². The molecule has 1 heterocycles. The predicted octanol–water partition coefficient (Wildman–Crippen LogP) is 4.23. The lowest BCUT2D eigenvalue weighted by molar-refractivity contribution is 0.552. The highest BCUT2D eigenvalue weighted by molar-refractivity contribution is 5.40. The van der Waals surface area contributed by atoms with E-state index in [1.807, 2.05) is 6.20 Å². The van der Waals surface area contributed by atoms with E-state index in [2.05, 4.69) is 55.0 Å². The fraction of sp³-hybridized carbons (Fsp3) is 0.722. The fourth-order valence-corrected chi connectivity index (χ4v) is 2.29. The second-order valence-electron chi connectivity index (χ2n) is 6.24. The van der Waals surface area contributed by atoms with E-state index in [1.165, 1.54) is 31.2 Å². The molecule has 0 spiro atoms. The van der Waals surface area contributed by atoms with E-state index in [-0.39, 0.29) is 0 Å². The third-order valence-corrected chi connectivity index (χ3v) is 3.58. The molecule has 0 aromatic carbocycles. The van der Waals surface area contributed by atoms with Gasteiger partial charge in [0, 0.05) is 25.8 Å². The zero-order valence-corrected chi connectivity index (χ0v) is 14.4. The van der Waals surface area contributed by atoms with Crippen molar-refractivity contribution in [1.82, 2.24) is 10.3 Å². The second kappa shape index (κ2) is 10.6. The van der Waals surface area contributed by atoms with Crippen LogP contribution < -0.4 is 10.2 Å². The Morgan fingerprint density at radius 2 is 1.81 bits per heavy atom. The van der Waals surface area contributed by atoms with Crippen LogP contribution in [0.4, 0.5) is 5.82 Å². The van der Waals surface area contributed by atoms with Gasteiger partial charge in [-0.25, -0.2) is 4.98 Å². The lowest BCUT2D eigenvalue weighted by Crippen LogP contribution is -2.27. The summed E-state index contributed by atoms with van der Waals surface area (Å²) in [6.07, 6.45) is 6.89. The maximum absolute atomic E-state index is 4.59. The molecule has 0 aliphatic carbocycles. The quantitative estimate of drug-likeness (QED) is 0.661. The highest BCUT2D eigenvalue weighted by Gasteiger charge is 2.07. The highest BCUT2D eigenvalue weighted by Crippen LogP contribution is 2.15. The van der Waals surface area contributed by atoms with Crippen LogP contribution in [0.5, 0.6) is 0 Å². The lowest BCUT2D eigenvalue weighted by atomic mass is 10.2. The van der Waals surface area contributed by atoms with E-state index in [0.717, 1.165) is 32.0 Å². The molecule has 0 aliphatic rings. The third kappa shape index (κ3) is 7.47. The molecule has 0 fully saturated rings. The molecular weight excluding hydrogens is 258 g/mol. The first-order chi connectivity index (χ1) is 10.2. The molecule has 3 nitrogen and oxygen atoms in total. The number of unbranched alkanes of at least 4 members (excludes halogenated alkanes) is 2. The van der Waals surface area contributed by atoms with Crippen LogP contribution in [0, 0.1) is 5.92 Å². The van der Waals surface area contributed by atoms with Crippen molar-refractivity contribution in [2.45, 2.75) is 59.9 Å². The molecule has 0 aliphatic heterocycles. The van der Waals surface area contributed by atoms with Crippen LogP contribution in [-0.4, -0.2) is 24.6 Å². The molecule has 0 saturated heterocycles. The van der Waals surface area contributed by atoms with E-state index >= 15 is 0 Å². The number of rotatable bonds is 11. The fourth-order valence-electron chi connectivity index (χ4n) is 2.29. The van der Waals surface area contributed by atoms with E-state index in [9.17, 15) is 0 Å². The standard InChI is InChI=1S/C18H33N3/c1-5-7-11-21(12-8-6-2)18-13-17(9-10-20-18)15-19-14-16(3)4/h9-10,13,16,19H,5-8,11-12,14-15H2,1-4H3. The monoisotopic (exact) mass is 291 g/mol. The van der Waals surface area contributed by atoms with Gasteiger partial charge in [-0.05, 0) is 43.0 Å². The van der Waals surface area contributed by atoms with Gasteiger partial charge in [0.25, 0.3) is 0 Å². The van der Waals surface area contributed by atoms with Crippen molar-refractivity contribution in [3.05, 3.63) is 23.9 Å². The number of pyridine rings is 1. The minimum Gasteiger partial charge on any atom is -0.357 e. The Kier molecular flexibility index (Phi) is 9.07. The molecule has 0 radical (unpaired) electrons.